The van der Waals surface area contributed by atoms with Crippen LogP contribution in [-0.2, 0) is 0 Å². The van der Waals surface area contributed by atoms with Crippen LogP contribution in [0.2, 0.25) is 0 Å². The normalized spacial score (nSPS) is 11.1. The zero-order valence-electron chi connectivity index (χ0n) is 11.7. The summed E-state index contributed by atoms with van der Waals surface area (Å²) in [5.41, 5.74) is 7.36. The molecule has 0 bridgehead atoms. The second-order valence-electron chi connectivity index (χ2n) is 5.16. The SMILES string of the molecule is Nc1nc(=O)c2ccccc2n1-c1ccc2ccccc2c1. The van der Waals surface area contributed by atoms with E-state index >= 15 is 0 Å². The summed E-state index contributed by atoms with van der Waals surface area (Å²) in [4.78, 5) is 15.9. The Labute approximate surface area is 126 Å². The summed E-state index contributed by atoms with van der Waals surface area (Å²) in [6.07, 6.45) is 0. The van der Waals surface area contributed by atoms with Crippen molar-refractivity contribution in [1.29, 1.82) is 0 Å². The van der Waals surface area contributed by atoms with E-state index in [0.717, 1.165) is 22.0 Å². The van der Waals surface area contributed by atoms with Crippen LogP contribution >= 0.6 is 0 Å². The summed E-state index contributed by atoms with van der Waals surface area (Å²) in [6.45, 7) is 0. The molecule has 0 spiro atoms. The van der Waals surface area contributed by atoms with Crippen molar-refractivity contribution < 1.29 is 0 Å². The number of hydrogen-bond acceptors (Lipinski definition) is 3. The molecule has 4 rings (SSSR count). The topological polar surface area (TPSA) is 60.9 Å². The van der Waals surface area contributed by atoms with Crippen LogP contribution in [0.1, 0.15) is 0 Å². The molecule has 0 radical (unpaired) electrons. The van der Waals surface area contributed by atoms with E-state index in [1.54, 1.807) is 6.07 Å². The van der Waals surface area contributed by atoms with Gasteiger partial charge in [0.05, 0.1) is 10.9 Å². The molecule has 4 aromatic rings. The first-order valence-electron chi connectivity index (χ1n) is 7.00. The Bertz CT molecular complexity index is 1070. The van der Waals surface area contributed by atoms with Gasteiger partial charge in [0.1, 0.15) is 0 Å². The minimum absolute atomic E-state index is 0.194. The number of rotatable bonds is 1. The molecule has 0 fully saturated rings. The summed E-state index contributed by atoms with van der Waals surface area (Å²) in [7, 11) is 0. The number of nitrogens with zero attached hydrogens (tertiary/aromatic N) is 2. The first-order chi connectivity index (χ1) is 10.7. The number of para-hydroxylation sites is 1. The number of fused-ring (bicyclic) bond motifs is 2. The number of hydrogen-bond donors (Lipinski definition) is 1. The van der Waals surface area contributed by atoms with Crippen molar-refractivity contribution in [1.82, 2.24) is 9.55 Å². The van der Waals surface area contributed by atoms with Gasteiger partial charge in [0.25, 0.3) is 5.56 Å². The lowest BCUT2D eigenvalue weighted by atomic mass is 10.1. The van der Waals surface area contributed by atoms with Gasteiger partial charge in [0.2, 0.25) is 5.95 Å². The van der Waals surface area contributed by atoms with Gasteiger partial charge in [0.15, 0.2) is 0 Å². The third-order valence-corrected chi connectivity index (χ3v) is 3.81. The monoisotopic (exact) mass is 287 g/mol. The van der Waals surface area contributed by atoms with Crippen molar-refractivity contribution >= 4 is 27.6 Å². The highest BCUT2D eigenvalue weighted by Crippen LogP contribution is 2.23. The van der Waals surface area contributed by atoms with Crippen LogP contribution in [0.15, 0.2) is 71.5 Å². The molecule has 1 heterocycles. The molecule has 0 aliphatic rings. The number of benzene rings is 3. The molecule has 0 saturated carbocycles. The summed E-state index contributed by atoms with van der Waals surface area (Å²) < 4.78 is 1.81. The number of nitrogen functional groups attached to an aromatic ring is 1. The maximum absolute atomic E-state index is 12.0. The van der Waals surface area contributed by atoms with Gasteiger partial charge in [-0.15, -0.1) is 0 Å². The van der Waals surface area contributed by atoms with E-state index in [-0.39, 0.29) is 11.5 Å². The summed E-state index contributed by atoms with van der Waals surface area (Å²) in [5.74, 6) is 0.194. The van der Waals surface area contributed by atoms with Gasteiger partial charge in [-0.05, 0) is 35.0 Å². The Balaban J connectivity index is 2.09. The fourth-order valence-corrected chi connectivity index (χ4v) is 2.77. The quantitative estimate of drug-likeness (QED) is 0.585. The molecule has 2 N–H and O–H groups in total. The van der Waals surface area contributed by atoms with Crippen LogP contribution in [0, 0.1) is 0 Å². The fourth-order valence-electron chi connectivity index (χ4n) is 2.77. The van der Waals surface area contributed by atoms with Crippen LogP contribution in [0.3, 0.4) is 0 Å². The average Bonchev–Trinajstić information content (AvgIpc) is 2.55. The van der Waals surface area contributed by atoms with Crippen molar-refractivity contribution in [2.45, 2.75) is 0 Å². The highest BCUT2D eigenvalue weighted by molar-refractivity contribution is 5.86. The van der Waals surface area contributed by atoms with Crippen LogP contribution < -0.4 is 11.3 Å². The van der Waals surface area contributed by atoms with Gasteiger partial charge < -0.3 is 5.73 Å². The molecule has 0 unspecified atom stereocenters. The smallest absolute Gasteiger partial charge is 0.282 e. The van der Waals surface area contributed by atoms with Crippen LogP contribution in [0.5, 0.6) is 0 Å². The van der Waals surface area contributed by atoms with Crippen molar-refractivity contribution in [3.8, 4) is 5.69 Å². The lowest BCUT2D eigenvalue weighted by Crippen LogP contribution is -2.17. The highest BCUT2D eigenvalue weighted by Gasteiger charge is 2.10. The van der Waals surface area contributed by atoms with E-state index in [2.05, 4.69) is 11.1 Å². The van der Waals surface area contributed by atoms with Crippen molar-refractivity contribution in [3.05, 3.63) is 77.1 Å². The average molecular weight is 287 g/mol. The molecule has 0 amide bonds. The number of nitrogens with two attached hydrogens (primary N) is 1. The molecule has 3 aromatic carbocycles. The van der Waals surface area contributed by atoms with Crippen LogP contribution in [-0.4, -0.2) is 9.55 Å². The lowest BCUT2D eigenvalue weighted by Gasteiger charge is -2.13. The largest absolute Gasteiger partial charge is 0.369 e. The summed E-state index contributed by atoms with van der Waals surface area (Å²) in [5, 5.41) is 2.83. The highest BCUT2D eigenvalue weighted by atomic mass is 16.1. The Kier molecular flexibility index (Phi) is 2.69. The van der Waals surface area contributed by atoms with E-state index in [1.807, 2.05) is 59.2 Å². The predicted octanol–water partition coefficient (Wildman–Crippen LogP) is 3.12. The van der Waals surface area contributed by atoms with Gasteiger partial charge in [-0.25, -0.2) is 0 Å². The Morgan fingerprint density at radius 1 is 0.864 bits per heavy atom. The van der Waals surface area contributed by atoms with Crippen molar-refractivity contribution in [2.75, 3.05) is 5.73 Å². The standard InChI is InChI=1S/C18H13N3O/c19-18-20-17(22)15-7-3-4-8-16(15)21(18)14-10-9-12-5-1-2-6-13(12)11-14/h1-11H,(H2,19,20,22). The van der Waals surface area contributed by atoms with Gasteiger partial charge in [-0.2, -0.15) is 4.98 Å². The molecule has 4 heteroatoms. The van der Waals surface area contributed by atoms with Gasteiger partial charge in [-0.1, -0.05) is 42.5 Å². The molecular weight excluding hydrogens is 274 g/mol. The molecule has 0 atom stereocenters. The van der Waals surface area contributed by atoms with Crippen molar-refractivity contribution in [2.24, 2.45) is 0 Å². The maximum atomic E-state index is 12.0. The first kappa shape index (κ1) is 12.6. The second-order valence-corrected chi connectivity index (χ2v) is 5.16. The summed E-state index contributed by atoms with van der Waals surface area (Å²) >= 11 is 0. The van der Waals surface area contributed by atoms with Crippen LogP contribution in [0.4, 0.5) is 5.95 Å². The zero-order valence-corrected chi connectivity index (χ0v) is 11.7. The molecule has 106 valence electrons. The lowest BCUT2D eigenvalue weighted by molar-refractivity contribution is 1.04. The van der Waals surface area contributed by atoms with E-state index in [1.165, 1.54) is 0 Å². The molecule has 22 heavy (non-hydrogen) atoms. The minimum Gasteiger partial charge on any atom is -0.369 e. The molecule has 0 saturated heterocycles. The summed E-state index contributed by atoms with van der Waals surface area (Å²) in [6, 6.07) is 21.5. The Hall–Kier alpha value is -3.14. The maximum Gasteiger partial charge on any atom is 0.282 e. The molecule has 1 aromatic heterocycles. The Morgan fingerprint density at radius 2 is 1.59 bits per heavy atom. The molecule has 4 nitrogen and oxygen atoms in total. The van der Waals surface area contributed by atoms with E-state index < -0.39 is 0 Å². The van der Waals surface area contributed by atoms with E-state index in [0.29, 0.717) is 5.39 Å². The van der Waals surface area contributed by atoms with Crippen molar-refractivity contribution in [3.63, 3.8) is 0 Å². The first-order valence-corrected chi connectivity index (χ1v) is 7.00. The Morgan fingerprint density at radius 3 is 2.45 bits per heavy atom. The van der Waals surface area contributed by atoms with Gasteiger partial charge >= 0.3 is 0 Å². The number of anilines is 1. The fraction of sp³-hybridized carbons (Fsp3) is 0. The van der Waals surface area contributed by atoms with Crippen LogP contribution in [0.25, 0.3) is 27.4 Å². The minimum atomic E-state index is -0.301. The zero-order chi connectivity index (χ0) is 15.1. The van der Waals surface area contributed by atoms with Gasteiger partial charge in [-0.3, -0.25) is 9.36 Å². The third kappa shape index (κ3) is 1.85. The third-order valence-electron chi connectivity index (χ3n) is 3.81. The second kappa shape index (κ2) is 4.70. The number of aromatic nitrogens is 2. The van der Waals surface area contributed by atoms with E-state index in [4.69, 9.17) is 5.73 Å². The van der Waals surface area contributed by atoms with E-state index in [9.17, 15) is 4.79 Å². The van der Waals surface area contributed by atoms with Gasteiger partial charge in [0, 0.05) is 5.69 Å². The molecule has 0 aliphatic carbocycles. The predicted molar refractivity (Wildman–Crippen MR) is 89.3 cm³/mol. The molecular formula is C18H13N3O. The molecule has 0 aliphatic heterocycles.